The normalized spacial score (nSPS) is 12.6. The standard InChI is InChI=1S/C6H11NO/c1-4-7-5-6(2)8-3/h4-5H,1-3H3/b6-5-,7-4?. The van der Waals surface area contributed by atoms with Gasteiger partial charge in [-0.2, -0.15) is 0 Å². The molecule has 46 valence electrons. The maximum Gasteiger partial charge on any atom is 0.111 e. The predicted octanol–water partition coefficient (Wildman–Crippen LogP) is 1.58. The van der Waals surface area contributed by atoms with Crippen LogP contribution in [0.3, 0.4) is 0 Å². The maximum atomic E-state index is 4.80. The van der Waals surface area contributed by atoms with Gasteiger partial charge >= 0.3 is 0 Å². The minimum atomic E-state index is 0.822. The molecule has 2 nitrogen and oxygen atoms in total. The molecule has 2 heteroatoms. The Kier molecular flexibility index (Phi) is 3.94. The molecule has 0 rings (SSSR count). The Balaban J connectivity index is 3.57. The van der Waals surface area contributed by atoms with Crippen molar-refractivity contribution in [3.05, 3.63) is 12.0 Å². The molecule has 0 saturated carbocycles. The molecule has 8 heavy (non-hydrogen) atoms. The Hall–Kier alpha value is -0.790. The van der Waals surface area contributed by atoms with Crippen LogP contribution in [0, 0.1) is 0 Å². The smallest absolute Gasteiger partial charge is 0.111 e. The van der Waals surface area contributed by atoms with E-state index in [9.17, 15) is 0 Å². The lowest BCUT2D eigenvalue weighted by Crippen LogP contribution is -1.75. The Morgan fingerprint density at radius 2 is 2.25 bits per heavy atom. The molecule has 0 saturated heterocycles. The van der Waals surface area contributed by atoms with Gasteiger partial charge in [0, 0.05) is 6.21 Å². The van der Waals surface area contributed by atoms with Crippen molar-refractivity contribution in [3.63, 3.8) is 0 Å². The van der Waals surface area contributed by atoms with E-state index in [1.807, 2.05) is 13.8 Å². The maximum absolute atomic E-state index is 4.80. The van der Waals surface area contributed by atoms with Crippen LogP contribution in [0.5, 0.6) is 0 Å². The van der Waals surface area contributed by atoms with Crippen molar-refractivity contribution in [2.24, 2.45) is 4.99 Å². The first-order chi connectivity index (χ1) is 3.81. The average molecular weight is 113 g/mol. The fourth-order valence-corrected chi connectivity index (χ4v) is 0.232. The summed E-state index contributed by atoms with van der Waals surface area (Å²) in [6, 6.07) is 0. The third-order valence-electron chi connectivity index (χ3n) is 0.727. The van der Waals surface area contributed by atoms with E-state index in [2.05, 4.69) is 4.99 Å². The van der Waals surface area contributed by atoms with Crippen LogP contribution >= 0.6 is 0 Å². The molecule has 0 radical (unpaired) electrons. The number of ether oxygens (including phenoxy) is 1. The Bertz CT molecular complexity index is 105. The van der Waals surface area contributed by atoms with Crippen molar-refractivity contribution < 1.29 is 4.74 Å². The molecule has 0 aliphatic carbocycles. The third kappa shape index (κ3) is 3.40. The summed E-state index contributed by atoms with van der Waals surface area (Å²) in [4.78, 5) is 3.83. The first-order valence-corrected chi connectivity index (χ1v) is 2.49. The third-order valence-corrected chi connectivity index (χ3v) is 0.727. The van der Waals surface area contributed by atoms with Gasteiger partial charge in [-0.15, -0.1) is 0 Å². The Morgan fingerprint density at radius 3 is 2.62 bits per heavy atom. The van der Waals surface area contributed by atoms with Crippen LogP contribution in [-0.4, -0.2) is 13.3 Å². The highest BCUT2D eigenvalue weighted by Gasteiger charge is 1.76. The number of rotatable bonds is 2. The molecular formula is C6H11NO. The number of methoxy groups -OCH3 is 1. The number of hydrogen-bond donors (Lipinski definition) is 0. The van der Waals surface area contributed by atoms with Gasteiger partial charge in [-0.05, 0) is 13.8 Å². The molecule has 0 unspecified atom stereocenters. The summed E-state index contributed by atoms with van der Waals surface area (Å²) in [6.07, 6.45) is 3.38. The summed E-state index contributed by atoms with van der Waals surface area (Å²) in [5.74, 6) is 0.822. The fraction of sp³-hybridized carbons (Fsp3) is 0.500. The number of aliphatic imine (C=N–C) groups is 1. The van der Waals surface area contributed by atoms with Crippen molar-refractivity contribution in [2.75, 3.05) is 7.11 Å². The minimum Gasteiger partial charge on any atom is -0.500 e. The highest BCUT2D eigenvalue weighted by atomic mass is 16.5. The van der Waals surface area contributed by atoms with E-state index in [0.29, 0.717) is 0 Å². The van der Waals surface area contributed by atoms with Gasteiger partial charge in [-0.25, -0.2) is 0 Å². The van der Waals surface area contributed by atoms with E-state index in [1.54, 1.807) is 19.5 Å². The number of hydrogen-bond acceptors (Lipinski definition) is 2. The zero-order chi connectivity index (χ0) is 6.41. The summed E-state index contributed by atoms with van der Waals surface area (Å²) in [7, 11) is 1.62. The van der Waals surface area contributed by atoms with E-state index >= 15 is 0 Å². The minimum absolute atomic E-state index is 0.822. The Labute approximate surface area is 49.9 Å². The van der Waals surface area contributed by atoms with Crippen LogP contribution in [0.2, 0.25) is 0 Å². The lowest BCUT2D eigenvalue weighted by atomic mass is 10.6. The predicted molar refractivity (Wildman–Crippen MR) is 34.9 cm³/mol. The van der Waals surface area contributed by atoms with Crippen molar-refractivity contribution >= 4 is 6.21 Å². The lowest BCUT2D eigenvalue weighted by Gasteiger charge is -1.92. The molecule has 0 aliphatic rings. The zero-order valence-electron chi connectivity index (χ0n) is 5.51. The summed E-state index contributed by atoms with van der Waals surface area (Å²) in [5, 5.41) is 0. The van der Waals surface area contributed by atoms with E-state index in [1.165, 1.54) is 0 Å². The largest absolute Gasteiger partial charge is 0.500 e. The molecule has 0 N–H and O–H groups in total. The molecule has 0 spiro atoms. The molecule has 0 heterocycles. The second kappa shape index (κ2) is 4.37. The molecule has 0 aromatic heterocycles. The fourth-order valence-electron chi connectivity index (χ4n) is 0.232. The zero-order valence-corrected chi connectivity index (χ0v) is 5.51. The van der Waals surface area contributed by atoms with Crippen LogP contribution in [-0.2, 0) is 4.74 Å². The van der Waals surface area contributed by atoms with Gasteiger partial charge in [0.1, 0.15) is 5.76 Å². The van der Waals surface area contributed by atoms with Gasteiger partial charge in [0.2, 0.25) is 0 Å². The van der Waals surface area contributed by atoms with Gasteiger partial charge in [-0.3, -0.25) is 4.99 Å². The van der Waals surface area contributed by atoms with Crippen molar-refractivity contribution in [1.82, 2.24) is 0 Å². The first-order valence-electron chi connectivity index (χ1n) is 2.49. The highest BCUT2D eigenvalue weighted by molar-refractivity contribution is 5.54. The van der Waals surface area contributed by atoms with Gasteiger partial charge in [0.15, 0.2) is 0 Å². The summed E-state index contributed by atoms with van der Waals surface area (Å²) in [6.45, 7) is 3.71. The van der Waals surface area contributed by atoms with Crippen LogP contribution in [0.4, 0.5) is 0 Å². The summed E-state index contributed by atoms with van der Waals surface area (Å²) < 4.78 is 4.80. The molecule has 0 fully saturated rings. The molecule has 0 aromatic rings. The monoisotopic (exact) mass is 113 g/mol. The van der Waals surface area contributed by atoms with Gasteiger partial charge in [0.05, 0.1) is 13.3 Å². The molecule has 0 aromatic carbocycles. The average Bonchev–Trinajstić information content (AvgIpc) is 1.83. The number of allylic oxidation sites excluding steroid dienone is 1. The molecule has 0 bridgehead atoms. The van der Waals surface area contributed by atoms with Crippen LogP contribution in [0.1, 0.15) is 13.8 Å². The van der Waals surface area contributed by atoms with Crippen molar-refractivity contribution in [3.8, 4) is 0 Å². The van der Waals surface area contributed by atoms with Crippen LogP contribution in [0.25, 0.3) is 0 Å². The quantitative estimate of drug-likeness (QED) is 0.393. The van der Waals surface area contributed by atoms with Gasteiger partial charge in [-0.1, -0.05) is 0 Å². The van der Waals surface area contributed by atoms with E-state index < -0.39 is 0 Å². The van der Waals surface area contributed by atoms with E-state index in [-0.39, 0.29) is 0 Å². The summed E-state index contributed by atoms with van der Waals surface area (Å²) >= 11 is 0. The van der Waals surface area contributed by atoms with Crippen LogP contribution < -0.4 is 0 Å². The second-order valence-electron chi connectivity index (χ2n) is 1.35. The lowest BCUT2D eigenvalue weighted by molar-refractivity contribution is 0.292. The van der Waals surface area contributed by atoms with Crippen molar-refractivity contribution in [2.45, 2.75) is 13.8 Å². The molecule has 0 amide bonds. The first kappa shape index (κ1) is 7.21. The number of nitrogens with zero attached hydrogens (tertiary/aromatic N) is 1. The van der Waals surface area contributed by atoms with E-state index in [0.717, 1.165) is 5.76 Å². The SMILES string of the molecule is CC=N/C=C(/C)OC. The highest BCUT2D eigenvalue weighted by Crippen LogP contribution is 1.90. The summed E-state index contributed by atoms with van der Waals surface area (Å²) in [5.41, 5.74) is 0. The van der Waals surface area contributed by atoms with Crippen molar-refractivity contribution in [1.29, 1.82) is 0 Å². The van der Waals surface area contributed by atoms with Crippen LogP contribution in [0.15, 0.2) is 17.0 Å². The molecule has 0 aliphatic heterocycles. The van der Waals surface area contributed by atoms with E-state index in [4.69, 9.17) is 4.74 Å². The second-order valence-corrected chi connectivity index (χ2v) is 1.35. The van der Waals surface area contributed by atoms with Gasteiger partial charge < -0.3 is 4.74 Å². The molecular weight excluding hydrogens is 102 g/mol. The Morgan fingerprint density at radius 1 is 1.62 bits per heavy atom. The van der Waals surface area contributed by atoms with Gasteiger partial charge in [0.25, 0.3) is 0 Å². The molecule has 0 atom stereocenters. The topological polar surface area (TPSA) is 21.6 Å².